The van der Waals surface area contributed by atoms with Crippen LogP contribution in [0.1, 0.15) is 18.4 Å². The molecule has 0 aliphatic carbocycles. The van der Waals surface area contributed by atoms with Crippen molar-refractivity contribution in [2.24, 2.45) is 0 Å². The maximum Gasteiger partial charge on any atom is 0.229 e. The monoisotopic (exact) mass is 581 g/mol. The number of piperazine rings is 1. The molecule has 40 heavy (non-hydrogen) atoms. The van der Waals surface area contributed by atoms with E-state index in [9.17, 15) is 0 Å². The number of nitrogens with zero attached hydrogens (tertiary/aromatic N) is 5. The molecule has 0 spiro atoms. The van der Waals surface area contributed by atoms with Gasteiger partial charge in [-0.2, -0.15) is 4.98 Å². The molecule has 0 radical (unpaired) electrons. The van der Waals surface area contributed by atoms with E-state index in [0.29, 0.717) is 22.8 Å². The topological polar surface area (TPSA) is 68.8 Å². The lowest BCUT2D eigenvalue weighted by atomic mass is 10.0. The number of likely N-dealkylation sites (N-methyl/N-ethyl adjacent to an activating group) is 1. The van der Waals surface area contributed by atoms with Crippen LogP contribution in [0.4, 0.5) is 28.8 Å². The van der Waals surface area contributed by atoms with E-state index >= 15 is 0 Å². The van der Waals surface area contributed by atoms with Crippen molar-refractivity contribution in [3.63, 3.8) is 0 Å². The molecular formula is C30H41ClN7OP. The van der Waals surface area contributed by atoms with E-state index in [4.69, 9.17) is 21.3 Å². The molecule has 2 saturated heterocycles. The molecule has 214 valence electrons. The van der Waals surface area contributed by atoms with Gasteiger partial charge in [0.2, 0.25) is 5.95 Å². The van der Waals surface area contributed by atoms with Gasteiger partial charge in [0.15, 0.2) is 5.82 Å². The fourth-order valence-electron chi connectivity index (χ4n) is 5.54. The third-order valence-electron chi connectivity index (χ3n) is 7.95. The number of anilines is 5. The predicted molar refractivity (Wildman–Crippen MR) is 170 cm³/mol. The minimum atomic E-state index is -0.298. The second-order valence-corrected chi connectivity index (χ2v) is 13.7. The van der Waals surface area contributed by atoms with E-state index in [-0.39, 0.29) is 7.92 Å². The number of hydrogen-bond acceptors (Lipinski definition) is 8. The number of nitrogens with one attached hydrogen (secondary N) is 2. The third-order valence-corrected chi connectivity index (χ3v) is 9.56. The summed E-state index contributed by atoms with van der Waals surface area (Å²) in [5.41, 5.74) is 4.25. The highest BCUT2D eigenvalue weighted by Crippen LogP contribution is 2.35. The molecule has 2 fully saturated rings. The average molecular weight is 582 g/mol. The Morgan fingerprint density at radius 2 is 1.68 bits per heavy atom. The van der Waals surface area contributed by atoms with Crippen molar-refractivity contribution in [2.75, 3.05) is 82.3 Å². The van der Waals surface area contributed by atoms with Gasteiger partial charge in [0.1, 0.15) is 10.8 Å². The van der Waals surface area contributed by atoms with Crippen LogP contribution in [0, 0.1) is 6.92 Å². The summed E-state index contributed by atoms with van der Waals surface area (Å²) < 4.78 is 5.78. The summed E-state index contributed by atoms with van der Waals surface area (Å²) in [6.07, 6.45) is 4.02. The van der Waals surface area contributed by atoms with Crippen molar-refractivity contribution in [3.8, 4) is 5.75 Å². The average Bonchev–Trinajstić information content (AvgIpc) is 2.96. The molecule has 0 bridgehead atoms. The minimum Gasteiger partial charge on any atom is -0.494 e. The summed E-state index contributed by atoms with van der Waals surface area (Å²) in [7, 11) is 3.62. The van der Waals surface area contributed by atoms with Gasteiger partial charge in [0.05, 0.1) is 19.0 Å². The summed E-state index contributed by atoms with van der Waals surface area (Å²) in [4.78, 5) is 16.7. The highest BCUT2D eigenvalue weighted by molar-refractivity contribution is 7.64. The number of piperidine rings is 1. The van der Waals surface area contributed by atoms with Gasteiger partial charge >= 0.3 is 0 Å². The Morgan fingerprint density at radius 3 is 2.38 bits per heavy atom. The van der Waals surface area contributed by atoms with Crippen LogP contribution in [-0.4, -0.2) is 92.6 Å². The molecule has 3 aromatic rings. The van der Waals surface area contributed by atoms with Gasteiger partial charge < -0.3 is 25.2 Å². The number of benzene rings is 2. The molecule has 8 nitrogen and oxygen atoms in total. The lowest BCUT2D eigenvalue weighted by molar-refractivity contribution is 0.0982. The van der Waals surface area contributed by atoms with Crippen LogP contribution in [0.2, 0.25) is 5.02 Å². The van der Waals surface area contributed by atoms with E-state index < -0.39 is 0 Å². The summed E-state index contributed by atoms with van der Waals surface area (Å²) in [5.74, 6) is 1.78. The minimum absolute atomic E-state index is 0.298. The highest BCUT2D eigenvalue weighted by Gasteiger charge is 2.27. The second-order valence-electron chi connectivity index (χ2n) is 11.0. The number of hydrogen-bond donors (Lipinski definition) is 2. The number of methoxy groups -OCH3 is 1. The molecule has 10 heteroatoms. The highest BCUT2D eigenvalue weighted by atomic mass is 35.5. The summed E-state index contributed by atoms with van der Waals surface area (Å²) in [6.45, 7) is 13.4. The van der Waals surface area contributed by atoms with Crippen LogP contribution in [0.25, 0.3) is 0 Å². The van der Waals surface area contributed by atoms with Gasteiger partial charge in [-0.05, 0) is 69.7 Å². The molecule has 2 aliphatic heterocycles. The van der Waals surface area contributed by atoms with Crippen LogP contribution in [0.15, 0.2) is 42.6 Å². The Kier molecular flexibility index (Phi) is 9.31. The first-order valence-electron chi connectivity index (χ1n) is 14.0. The van der Waals surface area contributed by atoms with Gasteiger partial charge in [-0.15, -0.1) is 0 Å². The Hall–Kier alpha value is -2.64. The molecule has 0 unspecified atom stereocenters. The standard InChI is InChI=1S/C30H41ClN7OP/c1-21-6-8-26(28(18-21)40(4)5)33-29-24(31)20-32-30(35-29)34-25-9-7-23(19-27(25)39-3)37-12-10-22(11-13-37)38-16-14-36(2)15-17-38/h6-9,18-20,22H,10-17H2,1-5H3,(H2,32,33,34,35). The molecule has 3 heterocycles. The number of ether oxygens (including phenoxy) is 1. The van der Waals surface area contributed by atoms with Crippen LogP contribution in [0.3, 0.4) is 0 Å². The van der Waals surface area contributed by atoms with E-state index in [1.165, 1.54) is 55.6 Å². The number of aromatic nitrogens is 2. The Balaban J connectivity index is 1.27. The predicted octanol–water partition coefficient (Wildman–Crippen LogP) is 5.52. The zero-order valence-corrected chi connectivity index (χ0v) is 25.9. The van der Waals surface area contributed by atoms with Gasteiger partial charge in [-0.1, -0.05) is 31.2 Å². The molecule has 5 rings (SSSR count). The molecular weight excluding hydrogens is 541 g/mol. The summed E-state index contributed by atoms with van der Waals surface area (Å²) in [5, 5.41) is 8.52. The normalized spacial score (nSPS) is 17.3. The molecule has 0 saturated carbocycles. The van der Waals surface area contributed by atoms with E-state index in [0.717, 1.165) is 30.2 Å². The van der Waals surface area contributed by atoms with Crippen molar-refractivity contribution < 1.29 is 4.74 Å². The van der Waals surface area contributed by atoms with Gasteiger partial charge in [-0.3, -0.25) is 4.90 Å². The Labute approximate surface area is 244 Å². The van der Waals surface area contributed by atoms with Gasteiger partial charge in [0, 0.05) is 62.8 Å². The van der Waals surface area contributed by atoms with Crippen LogP contribution < -0.4 is 25.6 Å². The fraction of sp³-hybridized carbons (Fsp3) is 0.467. The Bertz CT molecular complexity index is 1310. The third kappa shape index (κ3) is 6.80. The van der Waals surface area contributed by atoms with Gasteiger partial charge in [0.25, 0.3) is 0 Å². The molecule has 2 aromatic carbocycles. The first-order chi connectivity index (χ1) is 19.3. The summed E-state index contributed by atoms with van der Waals surface area (Å²) in [6, 6.07) is 13.4. The maximum atomic E-state index is 6.50. The maximum absolute atomic E-state index is 6.50. The first-order valence-corrected chi connectivity index (χ1v) is 16.6. The fourth-order valence-corrected chi connectivity index (χ4v) is 6.75. The van der Waals surface area contributed by atoms with Crippen LogP contribution >= 0.6 is 19.5 Å². The van der Waals surface area contributed by atoms with Crippen molar-refractivity contribution in [1.82, 2.24) is 19.8 Å². The number of aryl methyl sites for hydroxylation is 1. The largest absolute Gasteiger partial charge is 0.494 e. The Morgan fingerprint density at radius 1 is 0.950 bits per heavy atom. The number of halogens is 1. The summed E-state index contributed by atoms with van der Waals surface area (Å²) >= 11 is 6.50. The van der Waals surface area contributed by atoms with Crippen LogP contribution in [-0.2, 0) is 0 Å². The zero-order valence-electron chi connectivity index (χ0n) is 24.2. The van der Waals surface area contributed by atoms with Crippen molar-refractivity contribution in [3.05, 3.63) is 53.2 Å². The molecule has 2 N–H and O–H groups in total. The SMILES string of the molecule is COc1cc(N2CCC(N3CCN(C)CC3)CC2)ccc1Nc1ncc(Cl)c(Nc2ccc(C)cc2P(C)C)n1. The van der Waals surface area contributed by atoms with E-state index in [1.807, 2.05) is 6.07 Å². The van der Waals surface area contributed by atoms with Crippen LogP contribution in [0.5, 0.6) is 5.75 Å². The lowest BCUT2D eigenvalue weighted by Gasteiger charge is -2.42. The second kappa shape index (κ2) is 12.9. The zero-order chi connectivity index (χ0) is 28.2. The molecule has 1 aromatic heterocycles. The molecule has 2 aliphatic rings. The molecule has 0 atom stereocenters. The molecule has 0 amide bonds. The van der Waals surface area contributed by atoms with E-state index in [1.54, 1.807) is 13.3 Å². The number of rotatable bonds is 8. The first kappa shape index (κ1) is 28.9. The smallest absolute Gasteiger partial charge is 0.229 e. The van der Waals surface area contributed by atoms with Crippen molar-refractivity contribution in [1.29, 1.82) is 0 Å². The van der Waals surface area contributed by atoms with Gasteiger partial charge in [-0.25, -0.2) is 4.98 Å². The van der Waals surface area contributed by atoms with Crippen molar-refractivity contribution >= 4 is 53.7 Å². The van der Waals surface area contributed by atoms with Crippen molar-refractivity contribution in [2.45, 2.75) is 25.8 Å². The quantitative estimate of drug-likeness (QED) is 0.337. The van der Waals surface area contributed by atoms with E-state index in [2.05, 4.69) is 88.0 Å². The lowest BCUT2D eigenvalue weighted by Crippen LogP contribution is -2.52.